The molecule has 0 radical (unpaired) electrons. The Morgan fingerprint density at radius 1 is 1.10 bits per heavy atom. The van der Waals surface area contributed by atoms with Crippen molar-refractivity contribution in [2.45, 2.75) is 18.6 Å². The zero-order valence-electron chi connectivity index (χ0n) is 16.8. The van der Waals surface area contributed by atoms with E-state index >= 15 is 0 Å². The van der Waals surface area contributed by atoms with E-state index in [-0.39, 0.29) is 18.3 Å². The van der Waals surface area contributed by atoms with Crippen molar-refractivity contribution in [2.24, 2.45) is 0 Å². The third kappa shape index (κ3) is 4.32. The fraction of sp³-hybridized carbons (Fsp3) is 0.261. The Morgan fingerprint density at radius 2 is 1.90 bits per heavy atom. The van der Waals surface area contributed by atoms with Crippen molar-refractivity contribution in [3.63, 3.8) is 0 Å². The normalized spacial score (nSPS) is 13.8. The Morgan fingerprint density at radius 3 is 2.73 bits per heavy atom. The molecule has 30 heavy (non-hydrogen) atoms. The highest BCUT2D eigenvalue weighted by Gasteiger charge is 2.23. The Balaban J connectivity index is 1.56. The molecule has 156 valence electrons. The fourth-order valence-electron chi connectivity index (χ4n) is 3.96. The number of amides is 1. The molecule has 0 spiro atoms. The monoisotopic (exact) mass is 424 g/mol. The van der Waals surface area contributed by atoms with E-state index in [2.05, 4.69) is 4.72 Å². The fourth-order valence-corrected chi connectivity index (χ4v) is 5.18. The lowest BCUT2D eigenvalue weighted by Crippen LogP contribution is -2.37. The molecule has 1 N–H and O–H groups in total. The summed E-state index contributed by atoms with van der Waals surface area (Å²) in [5.41, 5.74) is 3.04. The first-order valence-corrected chi connectivity index (χ1v) is 11.5. The van der Waals surface area contributed by atoms with Crippen LogP contribution in [0.4, 0.5) is 11.4 Å². The molecular weight excluding hydrogens is 400 g/mol. The van der Waals surface area contributed by atoms with Gasteiger partial charge in [-0.25, -0.2) is 8.42 Å². The van der Waals surface area contributed by atoms with E-state index in [0.29, 0.717) is 12.2 Å². The maximum atomic E-state index is 12.8. The molecule has 0 saturated heterocycles. The van der Waals surface area contributed by atoms with Gasteiger partial charge in [-0.05, 0) is 52.9 Å². The first kappa shape index (κ1) is 20.4. The van der Waals surface area contributed by atoms with Gasteiger partial charge in [-0.3, -0.25) is 9.52 Å². The summed E-state index contributed by atoms with van der Waals surface area (Å²) in [6, 6.07) is 18.8. The van der Waals surface area contributed by atoms with Crippen LogP contribution in [0.2, 0.25) is 0 Å². The third-order valence-electron chi connectivity index (χ3n) is 5.27. The average molecular weight is 425 g/mol. The van der Waals surface area contributed by atoms with Gasteiger partial charge in [0.25, 0.3) is 5.91 Å². The van der Waals surface area contributed by atoms with Gasteiger partial charge in [-0.1, -0.05) is 42.5 Å². The molecular formula is C23H24N2O4S. The van der Waals surface area contributed by atoms with Crippen LogP contribution in [0.15, 0.2) is 60.7 Å². The third-order valence-corrected chi connectivity index (χ3v) is 6.50. The highest BCUT2D eigenvalue weighted by molar-refractivity contribution is 7.91. The van der Waals surface area contributed by atoms with Crippen LogP contribution in [0.1, 0.15) is 17.5 Å². The van der Waals surface area contributed by atoms with Gasteiger partial charge in [0.1, 0.15) is 6.61 Å². The largest absolute Gasteiger partial charge is 0.375 e. The molecule has 4 rings (SSSR count). The number of anilines is 2. The maximum absolute atomic E-state index is 12.8. The molecule has 1 amide bonds. The number of aryl methyl sites for hydroxylation is 1. The molecule has 0 aliphatic carbocycles. The lowest BCUT2D eigenvalue weighted by Gasteiger charge is -2.29. The molecule has 6 nitrogen and oxygen atoms in total. The van der Waals surface area contributed by atoms with Gasteiger partial charge in [0.2, 0.25) is 10.0 Å². The van der Waals surface area contributed by atoms with Gasteiger partial charge in [0.15, 0.2) is 0 Å². The zero-order valence-corrected chi connectivity index (χ0v) is 17.6. The molecule has 3 aromatic rings. The Kier molecular flexibility index (Phi) is 5.74. The van der Waals surface area contributed by atoms with Crippen molar-refractivity contribution in [1.29, 1.82) is 0 Å². The average Bonchev–Trinajstić information content (AvgIpc) is 2.73. The minimum absolute atomic E-state index is 0.0266. The van der Waals surface area contributed by atoms with E-state index < -0.39 is 10.0 Å². The van der Waals surface area contributed by atoms with E-state index in [1.807, 2.05) is 48.5 Å². The molecule has 0 aromatic heterocycles. The zero-order chi connectivity index (χ0) is 21.1. The number of rotatable bonds is 6. The minimum atomic E-state index is -3.59. The van der Waals surface area contributed by atoms with Gasteiger partial charge < -0.3 is 9.64 Å². The second kappa shape index (κ2) is 8.45. The van der Waals surface area contributed by atoms with Crippen molar-refractivity contribution in [3.05, 3.63) is 71.8 Å². The van der Waals surface area contributed by atoms with Crippen LogP contribution in [0.25, 0.3) is 10.8 Å². The second-order valence-corrected chi connectivity index (χ2v) is 9.15. The van der Waals surface area contributed by atoms with E-state index in [1.54, 1.807) is 17.0 Å². The summed E-state index contributed by atoms with van der Waals surface area (Å²) in [5, 5.41) is 1.95. The van der Waals surface area contributed by atoms with Crippen molar-refractivity contribution in [1.82, 2.24) is 0 Å². The van der Waals surface area contributed by atoms with Crippen LogP contribution in [0, 0.1) is 0 Å². The smallest absolute Gasteiger partial charge is 0.252 e. The Labute approximate surface area is 176 Å². The maximum Gasteiger partial charge on any atom is 0.252 e. The van der Waals surface area contributed by atoms with Crippen LogP contribution in [-0.4, -0.2) is 34.6 Å². The molecule has 1 heterocycles. The quantitative estimate of drug-likeness (QED) is 0.655. The molecule has 0 fully saturated rings. The highest BCUT2D eigenvalue weighted by atomic mass is 32.2. The number of fused-ring (bicyclic) bond motifs is 2. The lowest BCUT2D eigenvalue weighted by molar-refractivity contribution is -0.122. The van der Waals surface area contributed by atoms with Gasteiger partial charge in [-0.15, -0.1) is 0 Å². The summed E-state index contributed by atoms with van der Waals surface area (Å²) in [4.78, 5) is 14.0. The first-order valence-electron chi connectivity index (χ1n) is 9.86. The Bertz CT molecular complexity index is 1190. The number of nitrogens with one attached hydrogen (secondary N) is 1. The predicted molar refractivity (Wildman–Crippen MR) is 119 cm³/mol. The van der Waals surface area contributed by atoms with Crippen molar-refractivity contribution >= 4 is 38.1 Å². The number of sulfonamides is 1. The van der Waals surface area contributed by atoms with E-state index in [1.165, 1.54) is 7.11 Å². The minimum Gasteiger partial charge on any atom is -0.375 e. The highest BCUT2D eigenvalue weighted by Crippen LogP contribution is 2.30. The SMILES string of the molecule is COCC(=O)N1CCCc2cc(NS(=O)(=O)Cc3cccc4ccccc34)ccc21. The van der Waals surface area contributed by atoms with Crippen LogP contribution in [0.5, 0.6) is 0 Å². The molecule has 3 aromatic carbocycles. The van der Waals surface area contributed by atoms with Crippen molar-refractivity contribution in [3.8, 4) is 0 Å². The number of ether oxygens (including phenoxy) is 1. The molecule has 1 aliphatic rings. The molecule has 0 atom stereocenters. The summed E-state index contributed by atoms with van der Waals surface area (Å²) in [7, 11) is -2.10. The number of carbonyl (C=O) groups excluding carboxylic acids is 1. The van der Waals surface area contributed by atoms with Gasteiger partial charge >= 0.3 is 0 Å². The standard InChI is InChI=1S/C23H24N2O4S/c1-29-15-23(26)25-13-5-9-18-14-20(11-12-22(18)25)24-30(27,28)16-19-8-4-7-17-6-2-3-10-21(17)19/h2-4,6-8,10-12,14,24H,5,9,13,15-16H2,1H3. The van der Waals surface area contributed by atoms with E-state index in [4.69, 9.17) is 4.74 Å². The molecule has 0 bridgehead atoms. The predicted octanol–water partition coefficient (Wildman–Crippen LogP) is 3.71. The number of hydrogen-bond acceptors (Lipinski definition) is 4. The lowest BCUT2D eigenvalue weighted by atomic mass is 10.0. The number of hydrogen-bond donors (Lipinski definition) is 1. The summed E-state index contributed by atoms with van der Waals surface area (Å²) < 4.78 is 33.4. The van der Waals surface area contributed by atoms with E-state index in [9.17, 15) is 13.2 Å². The summed E-state index contributed by atoms with van der Waals surface area (Å²) >= 11 is 0. The van der Waals surface area contributed by atoms with E-state index in [0.717, 1.165) is 40.4 Å². The molecule has 1 aliphatic heterocycles. The second-order valence-electron chi connectivity index (χ2n) is 7.42. The molecule has 7 heteroatoms. The van der Waals surface area contributed by atoms with Crippen LogP contribution in [0.3, 0.4) is 0 Å². The molecule has 0 saturated carbocycles. The summed E-state index contributed by atoms with van der Waals surface area (Å²) in [6.07, 6.45) is 1.62. The molecule has 0 unspecified atom stereocenters. The Hall–Kier alpha value is -2.90. The topological polar surface area (TPSA) is 75.7 Å². The van der Waals surface area contributed by atoms with Gasteiger partial charge in [0.05, 0.1) is 5.75 Å². The number of methoxy groups -OCH3 is 1. The van der Waals surface area contributed by atoms with Crippen molar-refractivity contribution in [2.75, 3.05) is 29.9 Å². The van der Waals surface area contributed by atoms with Crippen LogP contribution in [-0.2, 0) is 31.7 Å². The van der Waals surface area contributed by atoms with Gasteiger partial charge in [0, 0.05) is 25.0 Å². The summed E-state index contributed by atoms with van der Waals surface area (Å²) in [5.74, 6) is -0.202. The summed E-state index contributed by atoms with van der Waals surface area (Å²) in [6.45, 7) is 0.667. The van der Waals surface area contributed by atoms with Crippen LogP contribution >= 0.6 is 0 Å². The number of carbonyl (C=O) groups is 1. The number of nitrogens with zero attached hydrogens (tertiary/aromatic N) is 1. The van der Waals surface area contributed by atoms with Crippen molar-refractivity contribution < 1.29 is 17.9 Å². The number of benzene rings is 3. The first-order chi connectivity index (χ1) is 14.5. The van der Waals surface area contributed by atoms with Gasteiger partial charge in [-0.2, -0.15) is 0 Å². The van der Waals surface area contributed by atoms with Crippen LogP contribution < -0.4 is 9.62 Å².